The first-order valence-corrected chi connectivity index (χ1v) is 6.30. The van der Waals surface area contributed by atoms with Gasteiger partial charge in [0.15, 0.2) is 0 Å². The Morgan fingerprint density at radius 1 is 1.17 bits per heavy atom. The van der Waals surface area contributed by atoms with Gasteiger partial charge in [-0.25, -0.2) is 0 Å². The highest BCUT2D eigenvalue weighted by Crippen LogP contribution is 2.28. The predicted octanol–water partition coefficient (Wildman–Crippen LogP) is 1.44. The van der Waals surface area contributed by atoms with Gasteiger partial charge >= 0.3 is 0 Å². The van der Waals surface area contributed by atoms with E-state index in [1.165, 1.54) is 0 Å². The summed E-state index contributed by atoms with van der Waals surface area (Å²) in [5.74, 6) is -0.121. The molecule has 5 heteroatoms. The fourth-order valence-electron chi connectivity index (χ4n) is 1.78. The van der Waals surface area contributed by atoms with Crippen LogP contribution in [0, 0.1) is 16.7 Å². The summed E-state index contributed by atoms with van der Waals surface area (Å²) in [6.07, 6.45) is 1.05. The standard InChI is InChI=1S/C13H24N2O3/c1-5-13(6-2,11-14)12(16)15(7-9-17-3)8-10-18-4/h5-10H2,1-4H3. The lowest BCUT2D eigenvalue weighted by atomic mass is 9.82. The van der Waals surface area contributed by atoms with Crippen LogP contribution < -0.4 is 0 Å². The maximum Gasteiger partial charge on any atom is 0.243 e. The zero-order valence-corrected chi connectivity index (χ0v) is 11.9. The molecule has 0 atom stereocenters. The highest BCUT2D eigenvalue weighted by atomic mass is 16.5. The second-order valence-electron chi connectivity index (χ2n) is 4.18. The van der Waals surface area contributed by atoms with E-state index in [4.69, 9.17) is 9.47 Å². The summed E-state index contributed by atoms with van der Waals surface area (Å²) in [6, 6.07) is 2.18. The van der Waals surface area contributed by atoms with Gasteiger partial charge in [0.25, 0.3) is 0 Å². The van der Waals surface area contributed by atoms with Crippen LogP contribution >= 0.6 is 0 Å². The zero-order chi connectivity index (χ0) is 14.0. The maximum atomic E-state index is 12.5. The molecule has 5 nitrogen and oxygen atoms in total. The number of hydrogen-bond donors (Lipinski definition) is 0. The van der Waals surface area contributed by atoms with Crippen LogP contribution in [0.15, 0.2) is 0 Å². The lowest BCUT2D eigenvalue weighted by Crippen LogP contribution is -2.45. The Morgan fingerprint density at radius 3 is 1.89 bits per heavy atom. The quantitative estimate of drug-likeness (QED) is 0.626. The molecule has 0 saturated heterocycles. The summed E-state index contributed by atoms with van der Waals surface area (Å²) in [7, 11) is 3.19. The van der Waals surface area contributed by atoms with E-state index >= 15 is 0 Å². The van der Waals surface area contributed by atoms with Crippen molar-refractivity contribution in [2.24, 2.45) is 5.41 Å². The number of methoxy groups -OCH3 is 2. The van der Waals surface area contributed by atoms with Gasteiger partial charge in [-0.1, -0.05) is 13.8 Å². The molecule has 0 radical (unpaired) electrons. The number of carbonyl (C=O) groups is 1. The van der Waals surface area contributed by atoms with E-state index in [2.05, 4.69) is 6.07 Å². The Bertz CT molecular complexity index is 274. The van der Waals surface area contributed by atoms with Gasteiger partial charge in [-0.15, -0.1) is 0 Å². The van der Waals surface area contributed by atoms with Crippen molar-refractivity contribution >= 4 is 5.91 Å². The van der Waals surface area contributed by atoms with E-state index in [1.54, 1.807) is 19.1 Å². The first-order chi connectivity index (χ1) is 8.61. The second-order valence-corrected chi connectivity index (χ2v) is 4.18. The van der Waals surface area contributed by atoms with Crippen molar-refractivity contribution in [2.45, 2.75) is 26.7 Å². The minimum Gasteiger partial charge on any atom is -0.383 e. The van der Waals surface area contributed by atoms with Crippen LogP contribution in [0.4, 0.5) is 0 Å². The molecule has 18 heavy (non-hydrogen) atoms. The van der Waals surface area contributed by atoms with Crippen molar-refractivity contribution in [3.05, 3.63) is 0 Å². The van der Waals surface area contributed by atoms with Crippen LogP contribution in [-0.2, 0) is 14.3 Å². The molecular formula is C13H24N2O3. The summed E-state index contributed by atoms with van der Waals surface area (Å²) < 4.78 is 10.00. The zero-order valence-electron chi connectivity index (χ0n) is 11.9. The van der Waals surface area contributed by atoms with Gasteiger partial charge in [-0.3, -0.25) is 4.79 Å². The second kappa shape index (κ2) is 8.90. The first kappa shape index (κ1) is 16.9. The summed E-state index contributed by atoms with van der Waals surface area (Å²) in [5.41, 5.74) is -0.915. The molecule has 0 N–H and O–H groups in total. The normalized spacial score (nSPS) is 11.1. The van der Waals surface area contributed by atoms with E-state index < -0.39 is 5.41 Å². The van der Waals surface area contributed by atoms with Crippen molar-refractivity contribution in [3.8, 4) is 6.07 Å². The number of carbonyl (C=O) groups excluding carboxylic acids is 1. The van der Waals surface area contributed by atoms with E-state index in [9.17, 15) is 10.1 Å². The molecule has 0 aliphatic carbocycles. The van der Waals surface area contributed by atoms with Crippen LogP contribution in [0.5, 0.6) is 0 Å². The minimum atomic E-state index is -0.915. The lowest BCUT2D eigenvalue weighted by molar-refractivity contribution is -0.140. The highest BCUT2D eigenvalue weighted by Gasteiger charge is 2.38. The minimum absolute atomic E-state index is 0.121. The molecular weight excluding hydrogens is 232 g/mol. The summed E-state index contributed by atoms with van der Waals surface area (Å²) in [4.78, 5) is 14.1. The predicted molar refractivity (Wildman–Crippen MR) is 69.0 cm³/mol. The SMILES string of the molecule is CCC(C#N)(CC)C(=O)N(CCOC)CCOC. The average Bonchev–Trinajstić information content (AvgIpc) is 2.41. The van der Waals surface area contributed by atoms with Crippen molar-refractivity contribution in [2.75, 3.05) is 40.5 Å². The lowest BCUT2D eigenvalue weighted by Gasteiger charge is -2.31. The summed E-state index contributed by atoms with van der Waals surface area (Å²) in [6.45, 7) is 5.64. The average molecular weight is 256 g/mol. The van der Waals surface area contributed by atoms with Crippen molar-refractivity contribution in [1.82, 2.24) is 4.90 Å². The molecule has 0 aliphatic heterocycles. The molecule has 0 fully saturated rings. The molecule has 0 aliphatic rings. The molecule has 0 heterocycles. The molecule has 0 unspecified atom stereocenters. The molecule has 0 saturated carbocycles. The Morgan fingerprint density at radius 2 is 1.61 bits per heavy atom. The number of nitriles is 1. The molecule has 104 valence electrons. The van der Waals surface area contributed by atoms with E-state index in [1.807, 2.05) is 13.8 Å². The molecule has 0 rings (SSSR count). The van der Waals surface area contributed by atoms with E-state index in [0.29, 0.717) is 39.1 Å². The highest BCUT2D eigenvalue weighted by molar-refractivity contribution is 5.85. The fourth-order valence-corrected chi connectivity index (χ4v) is 1.78. The van der Waals surface area contributed by atoms with Crippen molar-refractivity contribution < 1.29 is 14.3 Å². The number of nitrogens with zero attached hydrogens (tertiary/aromatic N) is 2. The fraction of sp³-hybridized carbons (Fsp3) is 0.846. The first-order valence-electron chi connectivity index (χ1n) is 6.30. The Balaban J connectivity index is 4.85. The van der Waals surface area contributed by atoms with E-state index in [-0.39, 0.29) is 5.91 Å². The Kier molecular flexibility index (Phi) is 8.34. The molecule has 0 bridgehead atoms. The van der Waals surface area contributed by atoms with Gasteiger partial charge in [-0.2, -0.15) is 5.26 Å². The van der Waals surface area contributed by atoms with E-state index in [0.717, 1.165) is 0 Å². The Labute approximate surface area is 110 Å². The summed E-state index contributed by atoms with van der Waals surface area (Å²) in [5, 5.41) is 9.29. The van der Waals surface area contributed by atoms with Crippen LogP contribution in [0.3, 0.4) is 0 Å². The number of hydrogen-bond acceptors (Lipinski definition) is 4. The van der Waals surface area contributed by atoms with Crippen LogP contribution in [0.2, 0.25) is 0 Å². The van der Waals surface area contributed by atoms with Gasteiger partial charge in [-0.05, 0) is 12.8 Å². The largest absolute Gasteiger partial charge is 0.383 e. The summed E-state index contributed by atoms with van der Waals surface area (Å²) >= 11 is 0. The third-order valence-corrected chi connectivity index (χ3v) is 3.25. The Hall–Kier alpha value is -1.12. The smallest absolute Gasteiger partial charge is 0.243 e. The van der Waals surface area contributed by atoms with Gasteiger partial charge in [0.2, 0.25) is 5.91 Å². The molecule has 0 spiro atoms. The number of rotatable bonds is 9. The van der Waals surface area contributed by atoms with Crippen LogP contribution in [0.1, 0.15) is 26.7 Å². The van der Waals surface area contributed by atoms with Gasteiger partial charge < -0.3 is 14.4 Å². The molecule has 0 aromatic heterocycles. The van der Waals surface area contributed by atoms with Crippen molar-refractivity contribution in [1.29, 1.82) is 5.26 Å². The molecule has 0 aromatic rings. The van der Waals surface area contributed by atoms with Crippen molar-refractivity contribution in [3.63, 3.8) is 0 Å². The third-order valence-electron chi connectivity index (χ3n) is 3.25. The molecule has 0 aromatic carbocycles. The topological polar surface area (TPSA) is 62.6 Å². The van der Waals surface area contributed by atoms with Gasteiger partial charge in [0, 0.05) is 27.3 Å². The molecule has 1 amide bonds. The maximum absolute atomic E-state index is 12.5. The monoisotopic (exact) mass is 256 g/mol. The number of amides is 1. The third kappa shape index (κ3) is 4.28. The van der Waals surface area contributed by atoms with Gasteiger partial charge in [0.05, 0.1) is 19.3 Å². The van der Waals surface area contributed by atoms with Crippen LogP contribution in [0.25, 0.3) is 0 Å². The number of ether oxygens (including phenoxy) is 2. The van der Waals surface area contributed by atoms with Crippen LogP contribution in [-0.4, -0.2) is 51.3 Å². The van der Waals surface area contributed by atoms with Gasteiger partial charge in [0.1, 0.15) is 5.41 Å².